The van der Waals surface area contributed by atoms with E-state index in [1.807, 2.05) is 31.3 Å². The fourth-order valence-corrected chi connectivity index (χ4v) is 7.34. The normalized spacial score (nSPS) is 21.2. The van der Waals surface area contributed by atoms with Crippen LogP contribution in [-0.4, -0.2) is 94.4 Å². The van der Waals surface area contributed by atoms with Crippen LogP contribution in [0.4, 0.5) is 5.69 Å². The third kappa shape index (κ3) is 7.51. The number of halogens is 1. The van der Waals surface area contributed by atoms with Crippen molar-refractivity contribution in [3.63, 3.8) is 0 Å². The molecule has 222 valence electrons. The third-order valence-corrected chi connectivity index (χ3v) is 10.4. The van der Waals surface area contributed by atoms with Crippen LogP contribution in [0.25, 0.3) is 5.57 Å². The molecule has 5 rings (SSSR count). The molecule has 0 atom stereocenters. The van der Waals surface area contributed by atoms with E-state index in [-0.39, 0.29) is 0 Å². The van der Waals surface area contributed by atoms with Gasteiger partial charge in [-0.2, -0.15) is 12.7 Å². The van der Waals surface area contributed by atoms with Crippen molar-refractivity contribution in [1.82, 2.24) is 18.8 Å². The molecule has 0 spiro atoms. The summed E-state index contributed by atoms with van der Waals surface area (Å²) in [6, 6.07) is 15.5. The summed E-state index contributed by atoms with van der Waals surface area (Å²) in [7, 11) is -1.90. The van der Waals surface area contributed by atoms with Crippen molar-refractivity contribution < 1.29 is 13.2 Å². The number of allylic oxidation sites excluding steroid dienone is 1. The number of amides is 1. The van der Waals surface area contributed by atoms with Gasteiger partial charge in [-0.3, -0.25) is 9.69 Å². The minimum atomic E-state index is -3.85. The van der Waals surface area contributed by atoms with Gasteiger partial charge in [-0.05, 0) is 79.3 Å². The average Bonchev–Trinajstić information content (AvgIpc) is 2.94. The molecular weight excluding hydrogens is 558 g/mol. The second-order valence-corrected chi connectivity index (χ2v) is 14.5. The van der Waals surface area contributed by atoms with Crippen molar-refractivity contribution in [3.05, 3.63) is 70.3 Å². The number of hydrogen-bond donors (Lipinski definition) is 1. The molecule has 2 heterocycles. The highest BCUT2D eigenvalue weighted by Gasteiger charge is 2.30. The Morgan fingerprint density at radius 3 is 2.17 bits per heavy atom. The van der Waals surface area contributed by atoms with E-state index in [9.17, 15) is 13.2 Å². The van der Waals surface area contributed by atoms with Gasteiger partial charge >= 0.3 is 10.2 Å². The summed E-state index contributed by atoms with van der Waals surface area (Å²) in [6.07, 6.45) is 3.40. The first-order valence-corrected chi connectivity index (χ1v) is 16.4. The van der Waals surface area contributed by atoms with E-state index in [0.717, 1.165) is 56.3 Å². The van der Waals surface area contributed by atoms with E-state index in [1.165, 1.54) is 21.9 Å². The Kier molecular flexibility index (Phi) is 9.11. The minimum absolute atomic E-state index is 0.310. The van der Waals surface area contributed by atoms with Crippen LogP contribution in [0.1, 0.15) is 49.0 Å². The highest BCUT2D eigenvalue weighted by Crippen LogP contribution is 2.42. The lowest BCUT2D eigenvalue weighted by Gasteiger charge is -2.39. The number of anilines is 1. The fourth-order valence-electron chi connectivity index (χ4n) is 6.09. The van der Waals surface area contributed by atoms with Crippen LogP contribution in [-0.2, 0) is 10.2 Å². The van der Waals surface area contributed by atoms with Crippen molar-refractivity contribution in [2.75, 3.05) is 70.9 Å². The second-order valence-electron chi connectivity index (χ2n) is 12.4. The molecular formula is C31H42ClN5O3S. The van der Waals surface area contributed by atoms with E-state index < -0.39 is 16.1 Å². The summed E-state index contributed by atoms with van der Waals surface area (Å²) in [4.78, 5) is 19.7. The molecule has 2 aromatic carbocycles. The molecule has 0 radical (unpaired) electrons. The second kappa shape index (κ2) is 12.4. The van der Waals surface area contributed by atoms with Gasteiger partial charge in [-0.15, -0.1) is 0 Å². The van der Waals surface area contributed by atoms with Gasteiger partial charge in [0.2, 0.25) is 0 Å². The van der Waals surface area contributed by atoms with Gasteiger partial charge in [0.15, 0.2) is 0 Å². The Balaban J connectivity index is 1.18. The average molecular weight is 600 g/mol. The number of carbonyl (C=O) groups is 1. The van der Waals surface area contributed by atoms with Crippen LogP contribution in [0, 0.1) is 5.41 Å². The number of nitrogens with one attached hydrogen (secondary N) is 1. The van der Waals surface area contributed by atoms with Crippen molar-refractivity contribution in [2.24, 2.45) is 5.41 Å². The Morgan fingerprint density at radius 2 is 1.54 bits per heavy atom. The molecule has 0 bridgehead atoms. The predicted octanol–water partition coefficient (Wildman–Crippen LogP) is 4.35. The number of hydrogen-bond acceptors (Lipinski definition) is 6. The number of rotatable bonds is 7. The van der Waals surface area contributed by atoms with E-state index in [0.29, 0.717) is 37.2 Å². The zero-order chi connectivity index (χ0) is 29.2. The molecule has 2 aliphatic heterocycles. The van der Waals surface area contributed by atoms with Crippen LogP contribution >= 0.6 is 11.6 Å². The molecule has 1 aliphatic carbocycles. The smallest absolute Gasteiger partial charge is 0.304 e. The van der Waals surface area contributed by atoms with E-state index in [1.54, 1.807) is 17.7 Å². The summed E-state index contributed by atoms with van der Waals surface area (Å²) < 4.78 is 28.9. The lowest BCUT2D eigenvalue weighted by molar-refractivity contribution is 0.0977. The van der Waals surface area contributed by atoms with Gasteiger partial charge in [-0.1, -0.05) is 43.2 Å². The van der Waals surface area contributed by atoms with Crippen molar-refractivity contribution in [3.8, 4) is 0 Å². The maximum absolute atomic E-state index is 12.7. The Bertz CT molecular complexity index is 1360. The van der Waals surface area contributed by atoms with Gasteiger partial charge in [0.25, 0.3) is 5.91 Å². The van der Waals surface area contributed by atoms with Crippen molar-refractivity contribution in [1.29, 1.82) is 0 Å². The van der Waals surface area contributed by atoms with Crippen molar-refractivity contribution >= 4 is 39.0 Å². The molecule has 2 saturated heterocycles. The van der Waals surface area contributed by atoms with Gasteiger partial charge in [-0.25, -0.2) is 4.72 Å². The monoisotopic (exact) mass is 599 g/mol. The fraction of sp³-hybridized carbons (Fsp3) is 0.516. The predicted molar refractivity (Wildman–Crippen MR) is 167 cm³/mol. The van der Waals surface area contributed by atoms with Gasteiger partial charge in [0, 0.05) is 75.2 Å². The van der Waals surface area contributed by atoms with Crippen LogP contribution in [0.5, 0.6) is 0 Å². The van der Waals surface area contributed by atoms with Gasteiger partial charge in [0.05, 0.1) is 0 Å². The molecule has 1 amide bonds. The third-order valence-electron chi connectivity index (χ3n) is 8.67. The summed E-state index contributed by atoms with van der Waals surface area (Å²) in [5.74, 6) is -0.597. The molecule has 2 aromatic rings. The van der Waals surface area contributed by atoms with Crippen LogP contribution in [0.15, 0.2) is 54.1 Å². The largest absolute Gasteiger partial charge is 0.369 e. The topological polar surface area (TPSA) is 76.2 Å². The number of benzene rings is 2. The molecule has 3 aliphatic rings. The van der Waals surface area contributed by atoms with Crippen LogP contribution < -0.4 is 9.62 Å². The zero-order valence-corrected chi connectivity index (χ0v) is 26.0. The molecule has 0 saturated carbocycles. The quantitative estimate of drug-likeness (QED) is 0.510. The molecule has 0 unspecified atom stereocenters. The Morgan fingerprint density at radius 1 is 0.902 bits per heavy atom. The highest BCUT2D eigenvalue weighted by molar-refractivity contribution is 7.87. The highest BCUT2D eigenvalue weighted by atomic mass is 35.5. The van der Waals surface area contributed by atoms with E-state index in [4.69, 9.17) is 11.6 Å². The van der Waals surface area contributed by atoms with Gasteiger partial charge in [0.1, 0.15) is 0 Å². The lowest BCUT2D eigenvalue weighted by atomic mass is 9.73. The molecule has 2 fully saturated rings. The SMILES string of the molecule is CN1CCN(S(=O)(=O)NC(=O)c2ccc(N3CCN(CC4=C(c5ccc(Cl)cc5)CCC(C)(C)C4)CC3)cc2)CC1. The van der Waals surface area contributed by atoms with E-state index >= 15 is 0 Å². The number of nitrogens with zero attached hydrogens (tertiary/aromatic N) is 4. The summed E-state index contributed by atoms with van der Waals surface area (Å²) in [5, 5.41) is 0.771. The van der Waals surface area contributed by atoms with Gasteiger partial charge < -0.3 is 9.80 Å². The van der Waals surface area contributed by atoms with Crippen LogP contribution in [0.2, 0.25) is 5.02 Å². The molecule has 1 N–H and O–H groups in total. The molecule has 10 heteroatoms. The molecule has 0 aromatic heterocycles. The summed E-state index contributed by atoms with van der Waals surface area (Å²) in [6.45, 7) is 11.5. The van der Waals surface area contributed by atoms with Crippen LogP contribution in [0.3, 0.4) is 0 Å². The molecule has 8 nitrogen and oxygen atoms in total. The zero-order valence-electron chi connectivity index (χ0n) is 24.4. The number of carbonyl (C=O) groups excluding carboxylic acids is 1. The number of piperazine rings is 2. The first-order chi connectivity index (χ1) is 19.5. The first kappa shape index (κ1) is 30.0. The Hall–Kier alpha value is -2.43. The lowest BCUT2D eigenvalue weighted by Crippen LogP contribution is -2.52. The summed E-state index contributed by atoms with van der Waals surface area (Å²) >= 11 is 6.16. The Labute approximate surface area is 250 Å². The first-order valence-electron chi connectivity index (χ1n) is 14.5. The maximum Gasteiger partial charge on any atom is 0.304 e. The minimum Gasteiger partial charge on any atom is -0.369 e. The molecule has 41 heavy (non-hydrogen) atoms. The summed E-state index contributed by atoms with van der Waals surface area (Å²) in [5.41, 5.74) is 6.00. The van der Waals surface area contributed by atoms with E-state index in [2.05, 4.69) is 45.4 Å². The van der Waals surface area contributed by atoms with Crippen molar-refractivity contribution in [2.45, 2.75) is 33.1 Å². The maximum atomic E-state index is 12.7. The standard InChI is InChI=1S/C31H42ClN5O3S/c1-31(2)13-12-29(24-4-8-27(32)9-5-24)26(22-31)23-35-16-18-36(19-17-35)28-10-6-25(7-11-28)30(38)33-41(39,40)37-20-14-34(3)15-21-37/h4-11H,12-23H2,1-3H3,(H,33,38). The number of likely N-dealkylation sites (N-methyl/N-ethyl adjacent to an activating group) is 1.